The maximum absolute atomic E-state index is 9.41. The normalized spacial score (nSPS) is 12.5. The lowest BCUT2D eigenvalue weighted by atomic mass is 10.2. The van der Waals surface area contributed by atoms with Crippen LogP contribution in [0.5, 0.6) is 0 Å². The van der Waals surface area contributed by atoms with Gasteiger partial charge in [-0.1, -0.05) is 38.4 Å². The van der Waals surface area contributed by atoms with Crippen molar-refractivity contribution in [2.45, 2.75) is 19.6 Å². The zero-order valence-corrected chi connectivity index (χ0v) is 12.7. The van der Waals surface area contributed by atoms with E-state index < -0.39 is 6.10 Å². The van der Waals surface area contributed by atoms with Crippen molar-refractivity contribution in [2.75, 3.05) is 0 Å². The monoisotopic (exact) mass is 349 g/mol. The lowest BCUT2D eigenvalue weighted by Gasteiger charge is -1.95. The molecule has 0 amide bonds. The van der Waals surface area contributed by atoms with Crippen molar-refractivity contribution in [1.82, 2.24) is 25.1 Å². The quantitative estimate of drug-likeness (QED) is 0.776. The molecule has 0 spiro atoms. The summed E-state index contributed by atoms with van der Waals surface area (Å²) in [4.78, 5) is 4.32. The predicted molar refractivity (Wildman–Crippen MR) is 77.2 cm³/mol. The van der Waals surface area contributed by atoms with Crippen LogP contribution in [-0.2, 0) is 6.54 Å². The average Bonchev–Trinajstić information content (AvgIpc) is 3.08. The van der Waals surface area contributed by atoms with E-state index in [1.54, 1.807) is 17.8 Å². The Morgan fingerprint density at radius 2 is 2.29 bits per heavy atom. The molecule has 0 radical (unpaired) electrons. The predicted octanol–water partition coefficient (Wildman–Crippen LogP) is 2.19. The van der Waals surface area contributed by atoms with Gasteiger partial charge in [0, 0.05) is 10.0 Å². The first-order valence-corrected chi connectivity index (χ1v) is 7.08. The van der Waals surface area contributed by atoms with Crippen LogP contribution in [0.3, 0.4) is 0 Å². The molecule has 0 saturated heterocycles. The van der Waals surface area contributed by atoms with Gasteiger partial charge in [0.15, 0.2) is 0 Å². The van der Waals surface area contributed by atoms with Crippen molar-refractivity contribution in [1.29, 1.82) is 0 Å². The summed E-state index contributed by atoms with van der Waals surface area (Å²) in [6.07, 6.45) is 0.992. The molecule has 0 saturated carbocycles. The van der Waals surface area contributed by atoms with Gasteiger partial charge in [0.2, 0.25) is 11.7 Å². The Balaban J connectivity index is 1.78. The van der Waals surface area contributed by atoms with Gasteiger partial charge in [-0.3, -0.25) is 0 Å². The van der Waals surface area contributed by atoms with E-state index in [-0.39, 0.29) is 0 Å². The standard InChI is InChI=1S/C13H12BrN5O2/c1-8(20)11-6-19(18-16-11)7-12-15-13(17-21-12)9-3-2-4-10(14)5-9/h2-6,8,20H,7H2,1H3. The summed E-state index contributed by atoms with van der Waals surface area (Å²) < 4.78 is 7.70. The Kier molecular flexibility index (Phi) is 3.80. The summed E-state index contributed by atoms with van der Waals surface area (Å²) in [6, 6.07) is 7.65. The fourth-order valence-electron chi connectivity index (χ4n) is 1.78. The highest BCUT2D eigenvalue weighted by Gasteiger charge is 2.12. The fourth-order valence-corrected chi connectivity index (χ4v) is 2.18. The van der Waals surface area contributed by atoms with Gasteiger partial charge in [-0.05, 0) is 19.1 Å². The van der Waals surface area contributed by atoms with E-state index >= 15 is 0 Å². The van der Waals surface area contributed by atoms with E-state index in [0.29, 0.717) is 24.0 Å². The van der Waals surface area contributed by atoms with E-state index in [2.05, 4.69) is 36.4 Å². The van der Waals surface area contributed by atoms with E-state index in [0.717, 1.165) is 10.0 Å². The average molecular weight is 350 g/mol. The zero-order valence-electron chi connectivity index (χ0n) is 11.1. The highest BCUT2D eigenvalue weighted by atomic mass is 79.9. The molecule has 0 fully saturated rings. The molecule has 1 unspecified atom stereocenters. The number of hydrogen-bond acceptors (Lipinski definition) is 6. The molecule has 2 aromatic heterocycles. The van der Waals surface area contributed by atoms with E-state index in [9.17, 15) is 5.11 Å². The summed E-state index contributed by atoms with van der Waals surface area (Å²) in [7, 11) is 0. The molecule has 2 heterocycles. The summed E-state index contributed by atoms with van der Waals surface area (Å²) in [5.74, 6) is 0.939. The molecule has 1 N–H and O–H groups in total. The van der Waals surface area contributed by atoms with Gasteiger partial charge < -0.3 is 9.63 Å². The molecule has 21 heavy (non-hydrogen) atoms. The van der Waals surface area contributed by atoms with Gasteiger partial charge in [-0.2, -0.15) is 4.98 Å². The van der Waals surface area contributed by atoms with Crippen molar-refractivity contribution in [3.05, 3.63) is 46.5 Å². The number of rotatable bonds is 4. The lowest BCUT2D eigenvalue weighted by molar-refractivity contribution is 0.194. The molecule has 0 aliphatic rings. The Labute approximate surface area is 128 Å². The highest BCUT2D eigenvalue weighted by molar-refractivity contribution is 9.10. The van der Waals surface area contributed by atoms with Crippen molar-refractivity contribution in [3.8, 4) is 11.4 Å². The second kappa shape index (κ2) is 5.74. The minimum atomic E-state index is -0.654. The second-order valence-electron chi connectivity index (χ2n) is 4.54. The molecule has 0 aliphatic heterocycles. The summed E-state index contributed by atoms with van der Waals surface area (Å²) in [5.41, 5.74) is 1.37. The molecular formula is C13H12BrN5O2. The number of benzene rings is 1. The highest BCUT2D eigenvalue weighted by Crippen LogP contribution is 2.20. The zero-order chi connectivity index (χ0) is 14.8. The van der Waals surface area contributed by atoms with Gasteiger partial charge in [0.1, 0.15) is 12.2 Å². The maximum Gasteiger partial charge on any atom is 0.248 e. The third-order valence-corrected chi connectivity index (χ3v) is 3.33. The Morgan fingerprint density at radius 1 is 1.43 bits per heavy atom. The van der Waals surface area contributed by atoms with E-state index in [1.807, 2.05) is 24.3 Å². The number of hydrogen-bond donors (Lipinski definition) is 1. The fraction of sp³-hybridized carbons (Fsp3) is 0.231. The third-order valence-electron chi connectivity index (χ3n) is 2.83. The minimum Gasteiger partial charge on any atom is -0.387 e. The van der Waals surface area contributed by atoms with Gasteiger partial charge in [0.05, 0.1) is 12.3 Å². The summed E-state index contributed by atoms with van der Waals surface area (Å²) in [5, 5.41) is 21.1. The molecule has 3 aromatic rings. The van der Waals surface area contributed by atoms with Crippen LogP contribution in [0.1, 0.15) is 24.6 Å². The molecule has 108 valence electrons. The topological polar surface area (TPSA) is 89.9 Å². The first-order chi connectivity index (χ1) is 10.1. The van der Waals surface area contributed by atoms with Crippen LogP contribution < -0.4 is 0 Å². The van der Waals surface area contributed by atoms with Gasteiger partial charge in [0.25, 0.3) is 0 Å². The van der Waals surface area contributed by atoms with Crippen LogP contribution in [0.4, 0.5) is 0 Å². The first-order valence-electron chi connectivity index (χ1n) is 6.28. The minimum absolute atomic E-state index is 0.306. The molecule has 7 nitrogen and oxygen atoms in total. The Hall–Kier alpha value is -2.06. The maximum atomic E-state index is 9.41. The number of nitrogens with zero attached hydrogens (tertiary/aromatic N) is 5. The van der Waals surface area contributed by atoms with Crippen LogP contribution in [0, 0.1) is 0 Å². The van der Waals surface area contributed by atoms with Crippen molar-refractivity contribution < 1.29 is 9.63 Å². The first kappa shape index (κ1) is 13.9. The molecule has 1 atom stereocenters. The van der Waals surface area contributed by atoms with Crippen LogP contribution in [0.15, 0.2) is 39.5 Å². The van der Waals surface area contributed by atoms with Crippen molar-refractivity contribution >= 4 is 15.9 Å². The van der Waals surface area contributed by atoms with E-state index in [4.69, 9.17) is 4.52 Å². The molecule has 0 aliphatic carbocycles. The number of aliphatic hydroxyl groups is 1. The molecule has 1 aromatic carbocycles. The molecule has 3 rings (SSSR count). The largest absolute Gasteiger partial charge is 0.387 e. The van der Waals surface area contributed by atoms with Crippen LogP contribution in [-0.4, -0.2) is 30.2 Å². The number of aromatic nitrogens is 5. The summed E-state index contributed by atoms with van der Waals surface area (Å²) >= 11 is 3.40. The third kappa shape index (κ3) is 3.17. The van der Waals surface area contributed by atoms with E-state index in [1.165, 1.54) is 0 Å². The van der Waals surface area contributed by atoms with Crippen molar-refractivity contribution in [3.63, 3.8) is 0 Å². The van der Waals surface area contributed by atoms with Crippen molar-refractivity contribution in [2.24, 2.45) is 0 Å². The van der Waals surface area contributed by atoms with Crippen LogP contribution in [0.2, 0.25) is 0 Å². The summed E-state index contributed by atoms with van der Waals surface area (Å²) in [6.45, 7) is 1.94. The SMILES string of the molecule is CC(O)c1cn(Cc2nc(-c3cccc(Br)c3)no2)nn1. The molecular weight excluding hydrogens is 338 g/mol. The number of halogens is 1. The Bertz CT molecular complexity index is 752. The van der Waals surface area contributed by atoms with Gasteiger partial charge in [-0.25, -0.2) is 4.68 Å². The molecule has 8 heteroatoms. The second-order valence-corrected chi connectivity index (χ2v) is 5.45. The van der Waals surface area contributed by atoms with Crippen LogP contribution >= 0.6 is 15.9 Å². The smallest absolute Gasteiger partial charge is 0.248 e. The van der Waals surface area contributed by atoms with Gasteiger partial charge in [-0.15, -0.1) is 5.10 Å². The van der Waals surface area contributed by atoms with Crippen LogP contribution in [0.25, 0.3) is 11.4 Å². The number of aliphatic hydroxyl groups excluding tert-OH is 1. The Morgan fingerprint density at radius 3 is 3.00 bits per heavy atom. The lowest BCUT2D eigenvalue weighted by Crippen LogP contribution is -2.00. The molecule has 0 bridgehead atoms. The van der Waals surface area contributed by atoms with Gasteiger partial charge >= 0.3 is 0 Å².